The molecule has 0 radical (unpaired) electrons. The van der Waals surface area contributed by atoms with Crippen molar-refractivity contribution in [3.05, 3.63) is 58.8 Å². The summed E-state index contributed by atoms with van der Waals surface area (Å²) in [5, 5.41) is 2.99. The molecule has 162 valence electrons. The maximum atomic E-state index is 13.8. The molecule has 1 aliphatic heterocycles. The fourth-order valence-electron chi connectivity index (χ4n) is 7.66. The molecule has 6 heteroatoms. The predicted molar refractivity (Wildman–Crippen MR) is 111 cm³/mol. The van der Waals surface area contributed by atoms with Crippen LogP contribution >= 0.6 is 0 Å². The van der Waals surface area contributed by atoms with Crippen LogP contribution in [0.25, 0.3) is 0 Å². The number of aliphatic imine (C=N–C) groups is 1. The summed E-state index contributed by atoms with van der Waals surface area (Å²) in [4.78, 5) is 18.7. The molecule has 7 rings (SSSR count). The molecular weight excluding hydrogens is 401 g/mol. The van der Waals surface area contributed by atoms with Gasteiger partial charge in [0.15, 0.2) is 0 Å². The first-order chi connectivity index (χ1) is 14.7. The first kappa shape index (κ1) is 19.3. The monoisotopic (exact) mass is 426 g/mol. The molecule has 3 nitrogen and oxygen atoms in total. The summed E-state index contributed by atoms with van der Waals surface area (Å²) in [5.41, 5.74) is 0.752. The third kappa shape index (κ3) is 2.66. The van der Waals surface area contributed by atoms with Gasteiger partial charge in [0.05, 0.1) is 11.3 Å². The number of benzene rings is 1. The lowest BCUT2D eigenvalue weighted by atomic mass is 9.42. The van der Waals surface area contributed by atoms with Crippen LogP contribution in [0.3, 0.4) is 0 Å². The number of amides is 1. The average Bonchev–Trinajstić information content (AvgIpc) is 3.04. The van der Waals surface area contributed by atoms with Gasteiger partial charge in [0, 0.05) is 5.56 Å². The summed E-state index contributed by atoms with van der Waals surface area (Å²) in [6.45, 7) is 2.01. The minimum atomic E-state index is -4.39. The molecule has 1 unspecified atom stereocenters. The highest BCUT2D eigenvalue weighted by Crippen LogP contribution is 2.69. The molecule has 1 atom stereocenters. The fourth-order valence-corrected chi connectivity index (χ4v) is 7.66. The third-order valence-corrected chi connectivity index (χ3v) is 8.40. The predicted octanol–water partition coefficient (Wildman–Crippen LogP) is 5.63. The normalized spacial score (nSPS) is 38.4. The van der Waals surface area contributed by atoms with Crippen molar-refractivity contribution in [3.63, 3.8) is 0 Å². The van der Waals surface area contributed by atoms with Gasteiger partial charge in [-0.2, -0.15) is 13.2 Å². The molecule has 5 aliphatic carbocycles. The van der Waals surface area contributed by atoms with E-state index >= 15 is 0 Å². The number of nitrogens with zero attached hydrogens (tertiary/aromatic N) is 1. The molecule has 1 N–H and O–H groups in total. The minimum Gasteiger partial charge on any atom is -0.309 e. The van der Waals surface area contributed by atoms with Gasteiger partial charge in [-0.3, -0.25) is 4.79 Å². The third-order valence-electron chi connectivity index (χ3n) is 8.40. The summed E-state index contributed by atoms with van der Waals surface area (Å²) >= 11 is 0. The molecule has 1 heterocycles. The number of hydrogen-bond donors (Lipinski definition) is 1. The van der Waals surface area contributed by atoms with Crippen molar-refractivity contribution >= 4 is 11.7 Å². The zero-order valence-electron chi connectivity index (χ0n) is 17.4. The van der Waals surface area contributed by atoms with Crippen molar-refractivity contribution in [2.75, 3.05) is 0 Å². The molecular formula is C25H25F3N2O. The Labute approximate surface area is 179 Å². The topological polar surface area (TPSA) is 41.5 Å². The Hall–Kier alpha value is -2.37. The van der Waals surface area contributed by atoms with E-state index in [4.69, 9.17) is 4.99 Å². The van der Waals surface area contributed by atoms with Crippen LogP contribution < -0.4 is 5.32 Å². The Morgan fingerprint density at radius 1 is 1.00 bits per heavy atom. The molecule has 1 aromatic carbocycles. The number of alkyl halides is 3. The molecule has 4 fully saturated rings. The van der Waals surface area contributed by atoms with Crippen LogP contribution in [0.5, 0.6) is 0 Å². The van der Waals surface area contributed by atoms with E-state index in [9.17, 15) is 18.0 Å². The zero-order chi connectivity index (χ0) is 21.6. The van der Waals surface area contributed by atoms with Crippen molar-refractivity contribution < 1.29 is 18.0 Å². The van der Waals surface area contributed by atoms with Crippen LogP contribution in [-0.4, -0.2) is 11.7 Å². The van der Waals surface area contributed by atoms with Gasteiger partial charge in [-0.1, -0.05) is 23.8 Å². The van der Waals surface area contributed by atoms with E-state index < -0.39 is 17.2 Å². The van der Waals surface area contributed by atoms with E-state index in [2.05, 4.69) is 11.4 Å². The highest BCUT2D eigenvalue weighted by atomic mass is 19.4. The van der Waals surface area contributed by atoms with Crippen LogP contribution in [-0.2, 0) is 11.0 Å². The molecule has 6 aliphatic rings. The highest BCUT2D eigenvalue weighted by Gasteiger charge is 2.65. The van der Waals surface area contributed by atoms with Crippen molar-refractivity contribution in [3.8, 4) is 0 Å². The summed E-state index contributed by atoms with van der Waals surface area (Å²) in [7, 11) is 0. The number of fused-ring (bicyclic) bond motifs is 1. The maximum absolute atomic E-state index is 13.8. The molecule has 1 amide bonds. The quantitative estimate of drug-likeness (QED) is 0.654. The lowest BCUT2D eigenvalue weighted by molar-refractivity contribution is -0.147. The Balaban J connectivity index is 1.41. The fraction of sp³-hybridized carbons (Fsp3) is 0.520. The largest absolute Gasteiger partial charge is 0.416 e. The minimum absolute atomic E-state index is 0.0672. The average molecular weight is 426 g/mol. The van der Waals surface area contributed by atoms with Gasteiger partial charge in [-0.15, -0.1) is 0 Å². The molecule has 4 bridgehead atoms. The summed E-state index contributed by atoms with van der Waals surface area (Å²) in [6.07, 6.45) is 6.81. The van der Waals surface area contributed by atoms with Gasteiger partial charge in [0.25, 0.3) is 0 Å². The Morgan fingerprint density at radius 3 is 2.13 bits per heavy atom. The van der Waals surface area contributed by atoms with E-state index in [-0.39, 0.29) is 11.3 Å². The van der Waals surface area contributed by atoms with Crippen molar-refractivity contribution in [1.82, 2.24) is 5.32 Å². The summed E-state index contributed by atoms with van der Waals surface area (Å²) < 4.78 is 38.8. The van der Waals surface area contributed by atoms with Crippen molar-refractivity contribution in [1.29, 1.82) is 0 Å². The SMILES string of the molecule is CC1=CC2(C34CC5CC(CC(C5)C3)C4)C(=O)NC(c3ccc(C(F)(F)F)cc3)=NC2=C1. The lowest BCUT2D eigenvalue weighted by Crippen LogP contribution is -2.61. The van der Waals surface area contributed by atoms with Crippen molar-refractivity contribution in [2.24, 2.45) is 33.6 Å². The Bertz CT molecular complexity index is 1030. The number of amidine groups is 1. The number of allylic oxidation sites excluding steroid dienone is 2. The number of carbonyl (C=O) groups excluding carboxylic acids is 1. The Morgan fingerprint density at radius 2 is 1.58 bits per heavy atom. The second-order valence-electron chi connectivity index (χ2n) is 10.4. The van der Waals surface area contributed by atoms with Crippen molar-refractivity contribution in [2.45, 2.75) is 51.6 Å². The molecule has 4 saturated carbocycles. The van der Waals surface area contributed by atoms with E-state index in [1.165, 1.54) is 31.4 Å². The molecule has 1 aromatic rings. The van der Waals surface area contributed by atoms with E-state index in [1.807, 2.05) is 13.0 Å². The van der Waals surface area contributed by atoms with E-state index in [0.717, 1.165) is 42.7 Å². The number of nitrogens with one attached hydrogen (secondary N) is 1. The van der Waals surface area contributed by atoms with Gasteiger partial charge in [0.1, 0.15) is 11.3 Å². The first-order valence-corrected chi connectivity index (χ1v) is 11.2. The standard InChI is InChI=1S/C25H25F3N2O/c1-14-6-20-24(10-14,23-11-15-7-16(12-23)9-17(8-15)13-23)22(31)30-21(29-20)18-2-4-19(5-3-18)25(26,27)28/h2-6,10,15-17H,7-9,11-13H2,1H3,(H,29,30,31). The highest BCUT2D eigenvalue weighted by molar-refractivity contribution is 6.14. The van der Waals surface area contributed by atoms with Gasteiger partial charge in [-0.25, -0.2) is 4.99 Å². The lowest BCUT2D eigenvalue weighted by Gasteiger charge is -2.62. The number of carbonyl (C=O) groups is 1. The first-order valence-electron chi connectivity index (χ1n) is 11.2. The zero-order valence-corrected chi connectivity index (χ0v) is 17.4. The van der Waals surface area contributed by atoms with Gasteiger partial charge >= 0.3 is 6.18 Å². The smallest absolute Gasteiger partial charge is 0.309 e. The number of halogens is 3. The molecule has 0 saturated heterocycles. The Kier molecular flexibility index (Phi) is 3.81. The number of hydrogen-bond acceptors (Lipinski definition) is 2. The van der Waals surface area contributed by atoms with E-state index in [0.29, 0.717) is 29.2 Å². The molecule has 0 aromatic heterocycles. The van der Waals surface area contributed by atoms with Gasteiger partial charge in [0.2, 0.25) is 5.91 Å². The van der Waals surface area contributed by atoms with E-state index in [1.54, 1.807) is 0 Å². The second kappa shape index (κ2) is 6.11. The second-order valence-corrected chi connectivity index (χ2v) is 10.4. The maximum Gasteiger partial charge on any atom is 0.416 e. The molecule has 0 spiro atoms. The van der Waals surface area contributed by atoms with Crippen LogP contribution in [0, 0.1) is 28.6 Å². The molecule has 31 heavy (non-hydrogen) atoms. The van der Waals surface area contributed by atoms with Crippen LogP contribution in [0.4, 0.5) is 13.2 Å². The van der Waals surface area contributed by atoms with Crippen LogP contribution in [0.2, 0.25) is 0 Å². The van der Waals surface area contributed by atoms with Gasteiger partial charge in [-0.05, 0) is 86.8 Å². The van der Waals surface area contributed by atoms with Crippen LogP contribution in [0.15, 0.2) is 52.7 Å². The van der Waals surface area contributed by atoms with Gasteiger partial charge < -0.3 is 5.32 Å². The summed E-state index contributed by atoms with van der Waals surface area (Å²) in [5.74, 6) is 2.37. The summed E-state index contributed by atoms with van der Waals surface area (Å²) in [6, 6.07) is 4.85. The number of rotatable bonds is 2. The van der Waals surface area contributed by atoms with Crippen LogP contribution in [0.1, 0.15) is 56.6 Å².